The molecule has 3 heteroatoms. The van der Waals surface area contributed by atoms with Crippen molar-refractivity contribution in [2.45, 2.75) is 25.9 Å². The van der Waals surface area contributed by atoms with Gasteiger partial charge in [-0.2, -0.15) is 0 Å². The number of hydrogen-bond donors (Lipinski definition) is 1. The van der Waals surface area contributed by atoms with Crippen molar-refractivity contribution in [2.75, 3.05) is 6.79 Å². The third kappa shape index (κ3) is 2.29. The molecule has 1 heterocycles. The summed E-state index contributed by atoms with van der Waals surface area (Å²) in [5.74, 6) is 7.21. The highest BCUT2D eigenvalue weighted by Gasteiger charge is 2.14. The second kappa shape index (κ2) is 4.07. The summed E-state index contributed by atoms with van der Waals surface area (Å²) in [6, 6.07) is 5.50. The van der Waals surface area contributed by atoms with E-state index < -0.39 is 5.60 Å². The van der Waals surface area contributed by atoms with Crippen LogP contribution in [0.15, 0.2) is 18.2 Å². The second-order valence-electron chi connectivity index (χ2n) is 3.95. The fourth-order valence-corrected chi connectivity index (χ4v) is 1.27. The maximum Gasteiger partial charge on any atom is 0.231 e. The fraction of sp³-hybridized carbons (Fsp3) is 0.385. The summed E-state index contributed by atoms with van der Waals surface area (Å²) >= 11 is 0. The van der Waals surface area contributed by atoms with Crippen molar-refractivity contribution in [3.63, 3.8) is 0 Å². The van der Waals surface area contributed by atoms with Crippen molar-refractivity contribution in [2.24, 2.45) is 0 Å². The summed E-state index contributed by atoms with van der Waals surface area (Å²) in [6.45, 7) is 3.86. The molecular weight excluding hydrogens is 204 g/mol. The van der Waals surface area contributed by atoms with Crippen molar-refractivity contribution in [3.8, 4) is 23.3 Å². The highest BCUT2D eigenvalue weighted by atomic mass is 16.7. The lowest BCUT2D eigenvalue weighted by Crippen LogP contribution is -2.19. The summed E-state index contributed by atoms with van der Waals surface area (Å²) < 4.78 is 10.4. The molecule has 1 N–H and O–H groups in total. The summed E-state index contributed by atoms with van der Waals surface area (Å²) in [5.41, 5.74) is -0.117. The maximum atomic E-state index is 9.75. The van der Waals surface area contributed by atoms with Crippen LogP contribution in [0.3, 0.4) is 0 Å². The van der Waals surface area contributed by atoms with Gasteiger partial charge < -0.3 is 14.6 Å². The monoisotopic (exact) mass is 218 g/mol. The van der Waals surface area contributed by atoms with Crippen LogP contribution >= 0.6 is 0 Å². The maximum absolute atomic E-state index is 9.75. The first-order chi connectivity index (χ1) is 7.61. The Hall–Kier alpha value is -1.66. The highest BCUT2D eigenvalue weighted by molar-refractivity contribution is 5.49. The Morgan fingerprint density at radius 2 is 2.12 bits per heavy atom. The number of rotatable bonds is 1. The van der Waals surface area contributed by atoms with Gasteiger partial charge in [-0.3, -0.25) is 0 Å². The van der Waals surface area contributed by atoms with Gasteiger partial charge in [0.05, 0.1) is 0 Å². The quantitative estimate of drug-likeness (QED) is 0.732. The third-order valence-corrected chi connectivity index (χ3v) is 2.54. The van der Waals surface area contributed by atoms with Crippen molar-refractivity contribution < 1.29 is 14.6 Å². The lowest BCUT2D eigenvalue weighted by atomic mass is 10.0. The van der Waals surface area contributed by atoms with E-state index in [1.807, 2.05) is 25.1 Å². The second-order valence-corrected chi connectivity index (χ2v) is 3.95. The molecule has 0 spiro atoms. The van der Waals surface area contributed by atoms with Crippen LogP contribution in [-0.4, -0.2) is 17.5 Å². The normalized spacial score (nSPS) is 16.2. The highest BCUT2D eigenvalue weighted by Crippen LogP contribution is 2.32. The Bertz CT molecular complexity index is 452. The SMILES string of the molecule is CCC(C)(O)C#Cc1ccc2c(c1)OCO2. The van der Waals surface area contributed by atoms with Crippen LogP contribution in [-0.2, 0) is 0 Å². The Morgan fingerprint density at radius 3 is 2.88 bits per heavy atom. The van der Waals surface area contributed by atoms with Gasteiger partial charge in [0.1, 0.15) is 5.60 Å². The third-order valence-electron chi connectivity index (χ3n) is 2.54. The number of fused-ring (bicyclic) bond motifs is 1. The Labute approximate surface area is 95.0 Å². The first kappa shape index (κ1) is 10.8. The molecule has 84 valence electrons. The van der Waals surface area contributed by atoms with Crippen LogP contribution in [0.25, 0.3) is 0 Å². The molecular formula is C13H14O3. The predicted octanol–water partition coefficient (Wildman–Crippen LogP) is 1.93. The van der Waals surface area contributed by atoms with Gasteiger partial charge in [0.25, 0.3) is 0 Å². The van der Waals surface area contributed by atoms with Gasteiger partial charge in [-0.1, -0.05) is 18.8 Å². The van der Waals surface area contributed by atoms with Crippen LogP contribution in [0, 0.1) is 11.8 Å². The van der Waals surface area contributed by atoms with E-state index in [0.717, 1.165) is 11.3 Å². The molecule has 0 radical (unpaired) electrons. The van der Waals surface area contributed by atoms with E-state index in [2.05, 4.69) is 11.8 Å². The van der Waals surface area contributed by atoms with Gasteiger partial charge >= 0.3 is 0 Å². The zero-order valence-electron chi connectivity index (χ0n) is 9.41. The number of hydrogen-bond acceptors (Lipinski definition) is 3. The van der Waals surface area contributed by atoms with Gasteiger partial charge in [0, 0.05) is 5.56 Å². The van der Waals surface area contributed by atoms with Crippen LogP contribution < -0.4 is 9.47 Å². The first-order valence-corrected chi connectivity index (χ1v) is 5.26. The van der Waals surface area contributed by atoms with Crippen molar-refractivity contribution in [1.82, 2.24) is 0 Å². The van der Waals surface area contributed by atoms with Crippen molar-refractivity contribution >= 4 is 0 Å². The number of aliphatic hydroxyl groups is 1. The zero-order chi connectivity index (χ0) is 11.6. The Kier molecular flexibility index (Phi) is 2.76. The molecule has 1 unspecified atom stereocenters. The van der Waals surface area contributed by atoms with Gasteiger partial charge in [-0.15, -0.1) is 0 Å². The molecule has 0 aliphatic carbocycles. The van der Waals surface area contributed by atoms with Crippen molar-refractivity contribution in [1.29, 1.82) is 0 Å². The van der Waals surface area contributed by atoms with Gasteiger partial charge in [-0.05, 0) is 31.5 Å². The van der Waals surface area contributed by atoms with E-state index in [4.69, 9.17) is 9.47 Å². The summed E-state index contributed by atoms with van der Waals surface area (Å²) in [7, 11) is 0. The zero-order valence-corrected chi connectivity index (χ0v) is 9.41. The molecule has 0 saturated carbocycles. The largest absolute Gasteiger partial charge is 0.454 e. The Balaban J connectivity index is 2.23. The standard InChI is InChI=1S/C13H14O3/c1-3-13(2,14)7-6-10-4-5-11-12(8-10)16-9-15-11/h4-5,8,14H,3,9H2,1-2H3. The van der Waals surface area contributed by atoms with Gasteiger partial charge in [0.2, 0.25) is 6.79 Å². The molecule has 1 aromatic carbocycles. The van der Waals surface area contributed by atoms with E-state index >= 15 is 0 Å². The van der Waals surface area contributed by atoms with Crippen LogP contribution in [0.5, 0.6) is 11.5 Å². The minimum absolute atomic E-state index is 0.263. The van der Waals surface area contributed by atoms with Crippen LogP contribution in [0.2, 0.25) is 0 Å². The average molecular weight is 218 g/mol. The minimum atomic E-state index is -0.934. The summed E-state index contributed by atoms with van der Waals surface area (Å²) in [5, 5.41) is 9.75. The fourth-order valence-electron chi connectivity index (χ4n) is 1.27. The number of ether oxygens (including phenoxy) is 2. The summed E-state index contributed by atoms with van der Waals surface area (Å²) in [4.78, 5) is 0. The molecule has 1 atom stereocenters. The van der Waals surface area contributed by atoms with Crippen molar-refractivity contribution in [3.05, 3.63) is 23.8 Å². The van der Waals surface area contributed by atoms with Gasteiger partial charge in [-0.25, -0.2) is 0 Å². The molecule has 0 fully saturated rings. The molecule has 0 aromatic heterocycles. The molecule has 3 nitrogen and oxygen atoms in total. The topological polar surface area (TPSA) is 38.7 Å². The molecule has 0 saturated heterocycles. The molecule has 16 heavy (non-hydrogen) atoms. The molecule has 0 amide bonds. The molecule has 2 rings (SSSR count). The smallest absolute Gasteiger partial charge is 0.231 e. The van der Waals surface area contributed by atoms with Crippen LogP contribution in [0.4, 0.5) is 0 Å². The minimum Gasteiger partial charge on any atom is -0.454 e. The summed E-state index contributed by atoms with van der Waals surface area (Å²) in [6.07, 6.45) is 0.602. The Morgan fingerprint density at radius 1 is 1.38 bits per heavy atom. The molecule has 0 bridgehead atoms. The van der Waals surface area contributed by atoms with E-state index in [9.17, 15) is 5.11 Å². The van der Waals surface area contributed by atoms with E-state index in [-0.39, 0.29) is 6.79 Å². The van der Waals surface area contributed by atoms with Crippen LogP contribution in [0.1, 0.15) is 25.8 Å². The molecule has 1 aliphatic heterocycles. The molecule has 1 aliphatic rings. The van der Waals surface area contributed by atoms with E-state index in [0.29, 0.717) is 12.2 Å². The molecule has 1 aromatic rings. The van der Waals surface area contributed by atoms with E-state index in [1.54, 1.807) is 6.92 Å². The average Bonchev–Trinajstić information content (AvgIpc) is 2.73. The lowest BCUT2D eigenvalue weighted by molar-refractivity contribution is 0.118. The predicted molar refractivity (Wildman–Crippen MR) is 60.4 cm³/mol. The first-order valence-electron chi connectivity index (χ1n) is 5.26. The number of benzene rings is 1. The van der Waals surface area contributed by atoms with Gasteiger partial charge in [0.15, 0.2) is 11.5 Å². The van der Waals surface area contributed by atoms with E-state index in [1.165, 1.54) is 0 Å². The lowest BCUT2D eigenvalue weighted by Gasteiger charge is -2.11.